The number of aromatic carboxylic acids is 1. The highest BCUT2D eigenvalue weighted by Crippen LogP contribution is 2.42. The van der Waals surface area contributed by atoms with Crippen LogP contribution in [0.5, 0.6) is 5.75 Å². The summed E-state index contributed by atoms with van der Waals surface area (Å²) in [4.78, 5) is 11.3. The number of benzene rings is 5. The zero-order chi connectivity index (χ0) is 24.1. The average Bonchev–Trinajstić information content (AvgIpc) is 2.92. The van der Waals surface area contributed by atoms with Gasteiger partial charge >= 0.3 is 5.97 Å². The third-order valence-corrected chi connectivity index (χ3v) is 6.60. The van der Waals surface area contributed by atoms with Crippen LogP contribution in [-0.2, 0) is 5.41 Å². The molecule has 0 aliphatic carbocycles. The van der Waals surface area contributed by atoms with Gasteiger partial charge in [-0.15, -0.1) is 0 Å². The molecule has 1 N–H and O–H groups in total. The van der Waals surface area contributed by atoms with Crippen LogP contribution in [0, 0.1) is 0 Å². The zero-order valence-electron chi connectivity index (χ0n) is 19.3. The summed E-state index contributed by atoms with van der Waals surface area (Å²) in [5, 5.41) is 11.1. The second kappa shape index (κ2) is 9.86. The molecule has 0 saturated carbocycles. The topological polar surface area (TPSA) is 46.5 Å². The summed E-state index contributed by atoms with van der Waals surface area (Å²) < 4.78 is 6.30. The fraction of sp³-hybridized carbons (Fsp3) is 0.0938. The first-order chi connectivity index (χ1) is 17.2. The lowest BCUT2D eigenvalue weighted by Gasteiger charge is -2.36. The van der Waals surface area contributed by atoms with Crippen LogP contribution in [0.25, 0.3) is 10.8 Å². The Hall–Kier alpha value is -4.37. The van der Waals surface area contributed by atoms with Crippen molar-refractivity contribution >= 4 is 16.7 Å². The van der Waals surface area contributed by atoms with Crippen molar-refractivity contribution in [2.75, 3.05) is 6.61 Å². The molecule has 0 spiro atoms. The van der Waals surface area contributed by atoms with Crippen LogP contribution in [0.4, 0.5) is 0 Å². The highest BCUT2D eigenvalue weighted by atomic mass is 16.5. The molecule has 0 fully saturated rings. The Labute approximate surface area is 205 Å². The molecule has 0 aromatic heterocycles. The van der Waals surface area contributed by atoms with Crippen LogP contribution in [0.3, 0.4) is 0 Å². The molecule has 5 rings (SSSR count). The minimum atomic E-state index is -0.925. The molecule has 3 heteroatoms. The predicted molar refractivity (Wildman–Crippen MR) is 140 cm³/mol. The summed E-state index contributed by atoms with van der Waals surface area (Å²) >= 11 is 0. The maximum absolute atomic E-state index is 11.3. The van der Waals surface area contributed by atoms with E-state index in [2.05, 4.69) is 72.8 Å². The van der Waals surface area contributed by atoms with Gasteiger partial charge in [0.25, 0.3) is 0 Å². The maximum atomic E-state index is 11.3. The Kier molecular flexibility index (Phi) is 6.32. The van der Waals surface area contributed by atoms with E-state index in [1.165, 1.54) is 16.7 Å². The second-order valence-corrected chi connectivity index (χ2v) is 8.63. The van der Waals surface area contributed by atoms with Crippen LogP contribution >= 0.6 is 0 Å². The van der Waals surface area contributed by atoms with E-state index in [4.69, 9.17) is 4.74 Å². The minimum absolute atomic E-state index is 0.282. The second-order valence-electron chi connectivity index (χ2n) is 8.63. The lowest BCUT2D eigenvalue weighted by Crippen LogP contribution is -2.31. The first-order valence-electron chi connectivity index (χ1n) is 11.7. The molecule has 5 aromatic carbocycles. The summed E-state index contributed by atoms with van der Waals surface area (Å²) in [6.45, 7) is 0.511. The molecule has 0 aliphatic rings. The van der Waals surface area contributed by atoms with Gasteiger partial charge in [0.1, 0.15) is 5.75 Å². The van der Waals surface area contributed by atoms with Crippen molar-refractivity contribution < 1.29 is 14.6 Å². The number of ether oxygens (including phenoxy) is 1. The van der Waals surface area contributed by atoms with Gasteiger partial charge in [-0.2, -0.15) is 0 Å². The lowest BCUT2D eigenvalue weighted by molar-refractivity contribution is 0.0697. The zero-order valence-corrected chi connectivity index (χ0v) is 19.3. The quantitative estimate of drug-likeness (QED) is 0.247. The first-order valence-corrected chi connectivity index (χ1v) is 11.7. The number of carbonyl (C=O) groups is 1. The number of hydrogen-bond donors (Lipinski definition) is 1. The Morgan fingerprint density at radius 2 is 1.11 bits per heavy atom. The van der Waals surface area contributed by atoms with E-state index < -0.39 is 5.97 Å². The average molecular weight is 459 g/mol. The fourth-order valence-electron chi connectivity index (χ4n) is 4.87. The number of hydrogen-bond acceptors (Lipinski definition) is 2. The van der Waals surface area contributed by atoms with Crippen molar-refractivity contribution in [3.63, 3.8) is 0 Å². The highest BCUT2D eigenvalue weighted by Gasteiger charge is 2.36. The molecule has 0 amide bonds. The van der Waals surface area contributed by atoms with Gasteiger partial charge in [0, 0.05) is 5.41 Å². The van der Waals surface area contributed by atoms with E-state index in [1.807, 2.05) is 42.5 Å². The van der Waals surface area contributed by atoms with Crippen LogP contribution in [0.15, 0.2) is 127 Å². The van der Waals surface area contributed by atoms with Gasteiger partial charge in [-0.05, 0) is 58.1 Å². The number of carboxylic acids is 1. The summed E-state index contributed by atoms with van der Waals surface area (Å²) in [6.07, 6.45) is 0.751. The molecule has 0 bridgehead atoms. The Morgan fingerprint density at radius 1 is 0.629 bits per heavy atom. The lowest BCUT2D eigenvalue weighted by atomic mass is 9.67. The molecule has 0 atom stereocenters. The Balaban J connectivity index is 1.49. The van der Waals surface area contributed by atoms with Crippen molar-refractivity contribution in [2.24, 2.45) is 0 Å². The standard InChI is InChI=1S/C32H26O3/c33-31(34)26-17-16-25-23-30(19-18-24(25)22-26)35-21-20-32(27-10-4-1-5-11-27,28-12-6-2-7-13-28)29-14-8-3-9-15-29/h1-19,22-23H,20-21H2,(H,33,34). The number of fused-ring (bicyclic) bond motifs is 1. The smallest absolute Gasteiger partial charge is 0.335 e. The minimum Gasteiger partial charge on any atom is -0.494 e. The largest absolute Gasteiger partial charge is 0.494 e. The van der Waals surface area contributed by atoms with E-state index in [-0.39, 0.29) is 11.0 Å². The molecule has 3 nitrogen and oxygen atoms in total. The molecule has 0 unspecified atom stereocenters. The van der Waals surface area contributed by atoms with Crippen LogP contribution < -0.4 is 4.74 Å². The molecule has 5 aromatic rings. The monoisotopic (exact) mass is 458 g/mol. The SMILES string of the molecule is O=C(O)c1ccc2cc(OCCC(c3ccccc3)(c3ccccc3)c3ccccc3)ccc2c1. The normalized spacial score (nSPS) is 11.3. The molecule has 0 heterocycles. The van der Waals surface area contributed by atoms with Gasteiger partial charge in [-0.1, -0.05) is 103 Å². The molecular weight excluding hydrogens is 432 g/mol. The summed E-state index contributed by atoms with van der Waals surface area (Å²) in [5.41, 5.74) is 3.59. The number of carboxylic acid groups (broad SMARTS) is 1. The summed E-state index contributed by atoms with van der Waals surface area (Å²) in [7, 11) is 0. The van der Waals surface area contributed by atoms with E-state index in [0.29, 0.717) is 6.61 Å². The van der Waals surface area contributed by atoms with Crippen LogP contribution in [0.1, 0.15) is 33.5 Å². The van der Waals surface area contributed by atoms with E-state index >= 15 is 0 Å². The van der Waals surface area contributed by atoms with Crippen molar-refractivity contribution in [3.8, 4) is 5.75 Å². The van der Waals surface area contributed by atoms with Gasteiger partial charge < -0.3 is 9.84 Å². The van der Waals surface area contributed by atoms with Crippen LogP contribution in [0.2, 0.25) is 0 Å². The molecule has 0 aliphatic heterocycles. The molecular formula is C32H26O3. The third kappa shape index (κ3) is 4.53. The summed E-state index contributed by atoms with van der Waals surface area (Å²) in [6, 6.07) is 42.7. The van der Waals surface area contributed by atoms with Gasteiger partial charge in [-0.25, -0.2) is 4.79 Å². The molecule has 0 saturated heterocycles. The fourth-order valence-corrected chi connectivity index (χ4v) is 4.87. The van der Waals surface area contributed by atoms with E-state index in [1.54, 1.807) is 12.1 Å². The van der Waals surface area contributed by atoms with Crippen molar-refractivity contribution in [1.29, 1.82) is 0 Å². The van der Waals surface area contributed by atoms with Gasteiger partial charge in [0.05, 0.1) is 12.2 Å². The Morgan fingerprint density at radius 3 is 1.63 bits per heavy atom. The number of rotatable bonds is 8. The Bertz CT molecular complexity index is 1330. The molecule has 35 heavy (non-hydrogen) atoms. The first kappa shape index (κ1) is 22.4. The van der Waals surface area contributed by atoms with Gasteiger partial charge in [0.2, 0.25) is 0 Å². The maximum Gasteiger partial charge on any atom is 0.335 e. The molecule has 172 valence electrons. The van der Waals surface area contributed by atoms with E-state index in [0.717, 1.165) is 22.9 Å². The van der Waals surface area contributed by atoms with Crippen molar-refractivity contribution in [1.82, 2.24) is 0 Å². The van der Waals surface area contributed by atoms with Crippen LogP contribution in [-0.4, -0.2) is 17.7 Å². The van der Waals surface area contributed by atoms with Crippen molar-refractivity contribution in [2.45, 2.75) is 11.8 Å². The highest BCUT2D eigenvalue weighted by molar-refractivity contribution is 5.94. The third-order valence-electron chi connectivity index (χ3n) is 6.60. The molecule has 0 radical (unpaired) electrons. The van der Waals surface area contributed by atoms with Crippen molar-refractivity contribution in [3.05, 3.63) is 150 Å². The van der Waals surface area contributed by atoms with E-state index in [9.17, 15) is 9.90 Å². The summed E-state index contributed by atoms with van der Waals surface area (Å²) in [5.74, 6) is -0.157. The predicted octanol–water partition coefficient (Wildman–Crippen LogP) is 7.34. The van der Waals surface area contributed by atoms with Gasteiger partial charge in [-0.3, -0.25) is 0 Å². The van der Waals surface area contributed by atoms with Gasteiger partial charge in [0.15, 0.2) is 0 Å².